The number of alkyl halides is 3. The molecule has 0 saturated carbocycles. The number of methoxy groups -OCH3 is 1. The average Bonchev–Trinajstić information content (AvgIpc) is 2.80. The number of hydrogen-bond donors (Lipinski definition) is 0. The third-order valence-electron chi connectivity index (χ3n) is 4.34. The number of para-hydroxylation sites is 2. The summed E-state index contributed by atoms with van der Waals surface area (Å²) in [5.41, 5.74) is -0.0501. The fraction of sp³-hybridized carbons (Fsp3) is 0.158. The summed E-state index contributed by atoms with van der Waals surface area (Å²) in [5.74, 6) is -2.96. The molecule has 1 aromatic heterocycles. The van der Waals surface area contributed by atoms with Crippen LogP contribution in [0.3, 0.4) is 0 Å². The summed E-state index contributed by atoms with van der Waals surface area (Å²) in [4.78, 5) is 25.1. The first-order valence-corrected chi connectivity index (χ1v) is 8.89. The van der Waals surface area contributed by atoms with E-state index < -0.39 is 23.8 Å². The molecule has 0 fully saturated rings. The lowest BCUT2D eigenvalue weighted by Gasteiger charge is -2.19. The maximum atomic E-state index is 13.9. The third kappa shape index (κ3) is 2.95. The number of aromatic nitrogens is 2. The minimum absolute atomic E-state index is 0.0407. The van der Waals surface area contributed by atoms with Crippen LogP contribution < -0.4 is 0 Å². The second kappa shape index (κ2) is 6.66. The lowest BCUT2D eigenvalue weighted by molar-refractivity contribution is -0.142. The molecule has 4 rings (SSSR count). The van der Waals surface area contributed by atoms with Crippen molar-refractivity contribution in [3.8, 4) is 11.3 Å². The van der Waals surface area contributed by atoms with E-state index >= 15 is 0 Å². The maximum absolute atomic E-state index is 13.9. The van der Waals surface area contributed by atoms with Crippen molar-refractivity contribution < 1.29 is 22.7 Å². The molecule has 28 heavy (non-hydrogen) atoms. The van der Waals surface area contributed by atoms with E-state index in [0.29, 0.717) is 21.1 Å². The van der Waals surface area contributed by atoms with E-state index in [1.54, 1.807) is 36.4 Å². The highest BCUT2D eigenvalue weighted by molar-refractivity contribution is 9.10. The largest absolute Gasteiger partial charge is 0.468 e. The fourth-order valence-electron chi connectivity index (χ4n) is 3.13. The zero-order chi connectivity index (χ0) is 20.1. The summed E-state index contributed by atoms with van der Waals surface area (Å²) in [6, 6.07) is 11.4. The van der Waals surface area contributed by atoms with Crippen molar-refractivity contribution in [2.45, 2.75) is 12.1 Å². The van der Waals surface area contributed by atoms with Gasteiger partial charge in [0.15, 0.2) is 0 Å². The molecule has 3 aromatic rings. The minimum Gasteiger partial charge on any atom is -0.468 e. The SMILES string of the molecule is COC(=O)C1C(C(F)(F)F)=Nc2cccc(Br)c2-c2nc3ccccc3nc21. The van der Waals surface area contributed by atoms with Crippen LogP contribution in [0.1, 0.15) is 11.6 Å². The van der Waals surface area contributed by atoms with E-state index in [0.717, 1.165) is 7.11 Å². The number of fused-ring (bicyclic) bond motifs is 4. The zero-order valence-electron chi connectivity index (χ0n) is 14.3. The summed E-state index contributed by atoms with van der Waals surface area (Å²) in [6.45, 7) is 0. The number of esters is 1. The van der Waals surface area contributed by atoms with Gasteiger partial charge in [-0.3, -0.25) is 4.79 Å². The molecule has 0 radical (unpaired) electrons. The highest BCUT2D eigenvalue weighted by Gasteiger charge is 2.48. The number of carbonyl (C=O) groups is 1. The smallest absolute Gasteiger partial charge is 0.430 e. The number of halogens is 4. The Morgan fingerprint density at radius 1 is 1.07 bits per heavy atom. The van der Waals surface area contributed by atoms with Crippen LogP contribution in [-0.4, -0.2) is 34.9 Å². The molecule has 142 valence electrons. The average molecular weight is 450 g/mol. The van der Waals surface area contributed by atoms with Crippen LogP contribution in [0.15, 0.2) is 51.9 Å². The fourth-order valence-corrected chi connectivity index (χ4v) is 3.67. The molecule has 9 heteroatoms. The topological polar surface area (TPSA) is 64.4 Å². The van der Waals surface area contributed by atoms with E-state index in [-0.39, 0.29) is 17.1 Å². The molecule has 0 N–H and O–H groups in total. The molecule has 1 unspecified atom stereocenters. The van der Waals surface area contributed by atoms with Gasteiger partial charge in [-0.25, -0.2) is 15.0 Å². The van der Waals surface area contributed by atoms with Gasteiger partial charge in [0, 0.05) is 10.0 Å². The van der Waals surface area contributed by atoms with Crippen LogP contribution in [0, 0.1) is 0 Å². The zero-order valence-corrected chi connectivity index (χ0v) is 15.9. The Labute approximate surface area is 165 Å². The molecule has 5 nitrogen and oxygen atoms in total. The van der Waals surface area contributed by atoms with Crippen LogP contribution in [0.5, 0.6) is 0 Å². The summed E-state index contributed by atoms with van der Waals surface area (Å²) in [5, 5.41) is 0. The summed E-state index contributed by atoms with van der Waals surface area (Å²) >= 11 is 3.36. The molecule has 0 spiro atoms. The van der Waals surface area contributed by atoms with E-state index in [4.69, 9.17) is 0 Å². The molecule has 0 aliphatic carbocycles. The Morgan fingerprint density at radius 3 is 2.39 bits per heavy atom. The van der Waals surface area contributed by atoms with Crippen molar-refractivity contribution in [2.75, 3.05) is 7.11 Å². The minimum atomic E-state index is -4.87. The summed E-state index contributed by atoms with van der Waals surface area (Å²) < 4.78 is 46.8. The van der Waals surface area contributed by atoms with Crippen molar-refractivity contribution in [2.24, 2.45) is 4.99 Å². The van der Waals surface area contributed by atoms with Crippen molar-refractivity contribution in [1.82, 2.24) is 9.97 Å². The number of rotatable bonds is 1. The Hall–Kier alpha value is -2.81. The Bertz CT molecular complexity index is 1140. The van der Waals surface area contributed by atoms with Crippen LogP contribution in [0.2, 0.25) is 0 Å². The number of carbonyl (C=O) groups excluding carboxylic acids is 1. The molecule has 0 bridgehead atoms. The van der Waals surface area contributed by atoms with Gasteiger partial charge >= 0.3 is 12.1 Å². The summed E-state index contributed by atoms with van der Waals surface area (Å²) in [7, 11) is 1.03. The van der Waals surface area contributed by atoms with Crippen LogP contribution in [0.4, 0.5) is 18.9 Å². The van der Waals surface area contributed by atoms with Gasteiger partial charge in [-0.15, -0.1) is 0 Å². The number of aliphatic imine (C=N–C) groups is 1. The van der Waals surface area contributed by atoms with Gasteiger partial charge in [0.05, 0.1) is 35.2 Å². The van der Waals surface area contributed by atoms with Crippen LogP contribution in [-0.2, 0) is 9.53 Å². The first-order valence-electron chi connectivity index (χ1n) is 8.10. The molecular weight excluding hydrogens is 439 g/mol. The highest BCUT2D eigenvalue weighted by atomic mass is 79.9. The standard InChI is InChI=1S/C19H11BrF3N3O2/c1-28-18(27)14-16-15(24-10-6-2-3-7-11(10)25-16)13-9(20)5-4-8-12(13)26-17(14)19(21,22)23/h2-8,14H,1H3. The highest BCUT2D eigenvalue weighted by Crippen LogP contribution is 2.45. The maximum Gasteiger partial charge on any atom is 0.430 e. The number of ether oxygens (including phenoxy) is 1. The first-order chi connectivity index (χ1) is 13.3. The molecule has 2 heterocycles. The van der Waals surface area contributed by atoms with E-state index in [1.165, 1.54) is 6.07 Å². The third-order valence-corrected chi connectivity index (χ3v) is 5.00. The second-order valence-corrected chi connectivity index (χ2v) is 6.89. The number of benzene rings is 2. The quantitative estimate of drug-likeness (QED) is 0.492. The van der Waals surface area contributed by atoms with E-state index in [9.17, 15) is 18.0 Å². The number of nitrogens with zero attached hydrogens (tertiary/aromatic N) is 3. The predicted octanol–water partition coefficient (Wildman–Crippen LogP) is 4.96. The molecule has 2 aromatic carbocycles. The van der Waals surface area contributed by atoms with E-state index in [2.05, 4.69) is 35.6 Å². The number of hydrogen-bond acceptors (Lipinski definition) is 5. The molecule has 1 atom stereocenters. The molecule has 1 aliphatic rings. The first kappa shape index (κ1) is 18.5. The van der Waals surface area contributed by atoms with Crippen LogP contribution >= 0.6 is 15.9 Å². The molecule has 0 amide bonds. The van der Waals surface area contributed by atoms with Crippen molar-refractivity contribution >= 4 is 44.3 Å². The Kier molecular flexibility index (Phi) is 4.41. The van der Waals surface area contributed by atoms with Gasteiger partial charge in [-0.2, -0.15) is 13.2 Å². The second-order valence-electron chi connectivity index (χ2n) is 6.03. The summed E-state index contributed by atoms with van der Waals surface area (Å²) in [6.07, 6.45) is -4.87. The molecular formula is C19H11BrF3N3O2. The van der Waals surface area contributed by atoms with Gasteiger partial charge in [-0.05, 0) is 24.3 Å². The van der Waals surface area contributed by atoms with Gasteiger partial charge < -0.3 is 4.74 Å². The van der Waals surface area contributed by atoms with Crippen molar-refractivity contribution in [3.05, 3.63) is 52.6 Å². The van der Waals surface area contributed by atoms with Gasteiger partial charge in [0.25, 0.3) is 0 Å². The predicted molar refractivity (Wildman–Crippen MR) is 101 cm³/mol. The Morgan fingerprint density at radius 2 is 1.75 bits per heavy atom. The molecule has 1 aliphatic heterocycles. The lowest BCUT2D eigenvalue weighted by Crippen LogP contribution is -2.35. The van der Waals surface area contributed by atoms with Crippen molar-refractivity contribution in [1.29, 1.82) is 0 Å². The lowest BCUT2D eigenvalue weighted by atomic mass is 9.95. The van der Waals surface area contributed by atoms with E-state index in [1.807, 2.05) is 0 Å². The monoisotopic (exact) mass is 449 g/mol. The molecule has 0 saturated heterocycles. The van der Waals surface area contributed by atoms with Crippen LogP contribution in [0.25, 0.3) is 22.3 Å². The van der Waals surface area contributed by atoms with Gasteiger partial charge in [-0.1, -0.05) is 34.1 Å². The van der Waals surface area contributed by atoms with Gasteiger partial charge in [0.1, 0.15) is 11.6 Å². The Balaban J connectivity index is 2.17. The van der Waals surface area contributed by atoms with Crippen molar-refractivity contribution in [3.63, 3.8) is 0 Å². The normalized spacial score (nSPS) is 16.0. The van der Waals surface area contributed by atoms with Gasteiger partial charge in [0.2, 0.25) is 0 Å².